The van der Waals surface area contributed by atoms with Gasteiger partial charge in [0.05, 0.1) is 12.2 Å². The van der Waals surface area contributed by atoms with Crippen LogP contribution in [0.15, 0.2) is 43.9 Å². The molecule has 1 aromatic heterocycles. The van der Waals surface area contributed by atoms with Crippen LogP contribution in [0.25, 0.3) is 0 Å². The Labute approximate surface area is 270 Å². The Balaban J connectivity index is 1.76. The predicted octanol–water partition coefficient (Wildman–Crippen LogP) is 1.61. The van der Waals surface area contributed by atoms with Gasteiger partial charge in [0.15, 0.2) is 0 Å². The molecule has 1 unspecified atom stereocenters. The average Bonchev–Trinajstić information content (AvgIpc) is 3.50. The molecule has 5 atom stereocenters. The first-order valence-electron chi connectivity index (χ1n) is 16.0. The molecular weight excluding hydrogens is 590 g/mol. The van der Waals surface area contributed by atoms with E-state index >= 15 is 0 Å². The zero-order valence-corrected chi connectivity index (χ0v) is 27.0. The van der Waals surface area contributed by atoms with Gasteiger partial charge in [-0.25, -0.2) is 4.98 Å². The smallest absolute Gasteiger partial charge is 0.289 e. The van der Waals surface area contributed by atoms with Crippen molar-refractivity contribution in [2.45, 2.75) is 96.3 Å². The highest BCUT2D eigenvalue weighted by Crippen LogP contribution is 2.39. The first-order valence-corrected chi connectivity index (χ1v) is 16.0. The van der Waals surface area contributed by atoms with Crippen LogP contribution < -0.4 is 21.3 Å². The minimum absolute atomic E-state index is 0.0725. The molecule has 0 bridgehead atoms. The molecule has 2 aliphatic rings. The molecule has 13 nitrogen and oxygen atoms in total. The summed E-state index contributed by atoms with van der Waals surface area (Å²) in [6, 6.07) is -3.98. The van der Waals surface area contributed by atoms with E-state index in [-0.39, 0.29) is 37.5 Å². The molecule has 1 aliphatic carbocycles. The van der Waals surface area contributed by atoms with Gasteiger partial charge in [-0.3, -0.25) is 33.8 Å². The van der Waals surface area contributed by atoms with Gasteiger partial charge in [0.25, 0.3) is 11.8 Å². The molecule has 1 saturated heterocycles. The van der Waals surface area contributed by atoms with Crippen molar-refractivity contribution in [1.82, 2.24) is 36.1 Å². The molecule has 1 aliphatic heterocycles. The van der Waals surface area contributed by atoms with Gasteiger partial charge in [0.1, 0.15) is 23.8 Å². The van der Waals surface area contributed by atoms with Crippen LogP contribution in [-0.2, 0) is 24.0 Å². The van der Waals surface area contributed by atoms with Crippen LogP contribution in [-0.4, -0.2) is 87.4 Å². The minimum Gasteiger partial charge on any atom is -0.346 e. The SMILES string of the molecule is C=CCNC(=O)C(=O)C(CCC)NC(=O)[C@@H]1C[C@@H](C=C)CN1C(=O)[C@H](C)NC(=O)[C@@H](NC(=O)c1cnccn1)C1(C)CCCCC1. The van der Waals surface area contributed by atoms with E-state index in [1.165, 1.54) is 36.5 Å². The summed E-state index contributed by atoms with van der Waals surface area (Å²) in [5.74, 6) is -3.92. The van der Waals surface area contributed by atoms with Gasteiger partial charge >= 0.3 is 0 Å². The first-order chi connectivity index (χ1) is 21.9. The molecule has 0 radical (unpaired) electrons. The monoisotopic (exact) mass is 637 g/mol. The lowest BCUT2D eigenvalue weighted by Gasteiger charge is -2.40. The number of carbonyl (C=O) groups is 6. The Morgan fingerprint density at radius 3 is 2.39 bits per heavy atom. The van der Waals surface area contributed by atoms with Crippen molar-refractivity contribution in [2.75, 3.05) is 13.1 Å². The third kappa shape index (κ3) is 9.07. The number of rotatable bonds is 15. The molecule has 13 heteroatoms. The number of amides is 5. The topological polar surface area (TPSA) is 180 Å². The maximum atomic E-state index is 13.8. The second-order valence-electron chi connectivity index (χ2n) is 12.4. The number of Topliss-reactive ketones (excluding diaryl/α,β-unsaturated/α-hetero) is 1. The summed E-state index contributed by atoms with van der Waals surface area (Å²) in [4.78, 5) is 88.7. The molecule has 0 spiro atoms. The Kier molecular flexibility index (Phi) is 13.1. The largest absolute Gasteiger partial charge is 0.346 e. The molecule has 0 aromatic carbocycles. The van der Waals surface area contributed by atoms with Crippen LogP contribution in [0.2, 0.25) is 0 Å². The van der Waals surface area contributed by atoms with Gasteiger partial charge in [0.2, 0.25) is 23.5 Å². The van der Waals surface area contributed by atoms with Crippen LogP contribution in [0.3, 0.4) is 0 Å². The van der Waals surface area contributed by atoms with Crippen LogP contribution in [0.4, 0.5) is 0 Å². The molecule has 4 N–H and O–H groups in total. The van der Waals surface area contributed by atoms with Crippen LogP contribution >= 0.6 is 0 Å². The highest BCUT2D eigenvalue weighted by molar-refractivity contribution is 6.38. The fourth-order valence-electron chi connectivity index (χ4n) is 6.20. The molecule has 1 saturated carbocycles. The van der Waals surface area contributed by atoms with E-state index in [0.29, 0.717) is 19.3 Å². The molecule has 250 valence electrons. The van der Waals surface area contributed by atoms with Crippen molar-refractivity contribution in [1.29, 1.82) is 0 Å². The van der Waals surface area contributed by atoms with Gasteiger partial charge in [-0.15, -0.1) is 13.2 Å². The Bertz CT molecular complexity index is 1300. The molecule has 2 heterocycles. The average molecular weight is 638 g/mol. The van der Waals surface area contributed by atoms with E-state index in [9.17, 15) is 28.8 Å². The maximum Gasteiger partial charge on any atom is 0.289 e. The molecule has 46 heavy (non-hydrogen) atoms. The van der Waals surface area contributed by atoms with Gasteiger partial charge in [0, 0.05) is 25.5 Å². The third-order valence-corrected chi connectivity index (χ3v) is 8.85. The van der Waals surface area contributed by atoms with Crippen LogP contribution in [0, 0.1) is 11.3 Å². The fourth-order valence-corrected chi connectivity index (χ4v) is 6.20. The van der Waals surface area contributed by atoms with Gasteiger partial charge in [-0.2, -0.15) is 0 Å². The lowest BCUT2D eigenvalue weighted by Crippen LogP contribution is -2.60. The summed E-state index contributed by atoms with van der Waals surface area (Å²) in [5.41, 5.74) is -0.477. The summed E-state index contributed by atoms with van der Waals surface area (Å²) in [7, 11) is 0. The Hall–Kier alpha value is -4.42. The van der Waals surface area contributed by atoms with E-state index in [0.717, 1.165) is 19.3 Å². The lowest BCUT2D eigenvalue weighted by atomic mass is 9.70. The zero-order chi connectivity index (χ0) is 33.9. The minimum atomic E-state index is -1.06. The highest BCUT2D eigenvalue weighted by Gasteiger charge is 2.44. The molecule has 3 rings (SSSR count). The summed E-state index contributed by atoms with van der Waals surface area (Å²) < 4.78 is 0. The number of carbonyl (C=O) groups excluding carboxylic acids is 6. The number of nitrogens with zero attached hydrogens (tertiary/aromatic N) is 3. The van der Waals surface area contributed by atoms with E-state index in [1.54, 1.807) is 6.08 Å². The van der Waals surface area contributed by atoms with Gasteiger partial charge in [-0.05, 0) is 43.9 Å². The van der Waals surface area contributed by atoms with E-state index in [4.69, 9.17) is 0 Å². The number of nitrogens with one attached hydrogen (secondary N) is 4. The van der Waals surface area contributed by atoms with Crippen molar-refractivity contribution in [3.63, 3.8) is 0 Å². The van der Waals surface area contributed by atoms with Crippen LogP contribution in [0.5, 0.6) is 0 Å². The fraction of sp³-hybridized carbons (Fsp3) is 0.576. The van der Waals surface area contributed by atoms with Crippen molar-refractivity contribution in [3.05, 3.63) is 49.6 Å². The van der Waals surface area contributed by atoms with Crippen molar-refractivity contribution in [3.8, 4) is 0 Å². The van der Waals surface area contributed by atoms with Crippen LogP contribution in [0.1, 0.15) is 82.6 Å². The summed E-state index contributed by atoms with van der Waals surface area (Å²) in [5, 5.41) is 10.7. The number of likely N-dealkylation sites (tertiary alicyclic amines) is 1. The standard InChI is InChI=1S/C33H47N7O6/c1-6-12-23(26(41)30(44)36-15-7-2)38-29(43)25-18-22(8-3)20-40(25)32(46)21(4)37-31(45)27(33(5)13-10-9-11-14-33)39-28(42)24-19-34-16-17-35-24/h7-8,16-17,19,21-23,25,27H,2-3,6,9-15,18,20H2,1,4-5H3,(H,36,44)(H,37,45)(H,38,43)(H,39,42)/t21-,22+,23?,25-,27+/m0/s1. The quantitative estimate of drug-likeness (QED) is 0.165. The lowest BCUT2D eigenvalue weighted by molar-refractivity contribution is -0.143. The summed E-state index contributed by atoms with van der Waals surface area (Å²) in [6.45, 7) is 13.0. The van der Waals surface area contributed by atoms with Crippen molar-refractivity contribution in [2.24, 2.45) is 11.3 Å². The van der Waals surface area contributed by atoms with E-state index < -0.39 is 64.9 Å². The molecule has 2 fully saturated rings. The highest BCUT2D eigenvalue weighted by atomic mass is 16.2. The number of ketones is 1. The second kappa shape index (κ2) is 16.8. The Morgan fingerprint density at radius 1 is 1.07 bits per heavy atom. The molecule has 1 aromatic rings. The van der Waals surface area contributed by atoms with Crippen molar-refractivity contribution < 1.29 is 28.8 Å². The predicted molar refractivity (Wildman–Crippen MR) is 171 cm³/mol. The van der Waals surface area contributed by atoms with Crippen molar-refractivity contribution >= 4 is 35.3 Å². The summed E-state index contributed by atoms with van der Waals surface area (Å²) in [6.07, 6.45) is 12.6. The normalized spacial score (nSPS) is 20.7. The summed E-state index contributed by atoms with van der Waals surface area (Å²) >= 11 is 0. The number of hydrogen-bond acceptors (Lipinski definition) is 8. The first kappa shape index (κ1) is 36.1. The third-order valence-electron chi connectivity index (χ3n) is 8.85. The molecular formula is C33H47N7O6. The van der Waals surface area contributed by atoms with E-state index in [1.807, 2.05) is 13.8 Å². The van der Waals surface area contributed by atoms with E-state index in [2.05, 4.69) is 44.4 Å². The van der Waals surface area contributed by atoms with Gasteiger partial charge < -0.3 is 26.2 Å². The number of aromatic nitrogens is 2. The van der Waals surface area contributed by atoms with Gasteiger partial charge in [-0.1, -0.05) is 51.7 Å². The maximum absolute atomic E-state index is 13.8. The zero-order valence-electron chi connectivity index (χ0n) is 27.0. The molecule has 5 amide bonds. The second-order valence-corrected chi connectivity index (χ2v) is 12.4. The number of hydrogen-bond donors (Lipinski definition) is 4. The Morgan fingerprint density at radius 2 is 1.78 bits per heavy atom.